The molecule has 0 aliphatic rings. The predicted octanol–water partition coefficient (Wildman–Crippen LogP) is 2.92. The third-order valence-corrected chi connectivity index (χ3v) is 5.46. The summed E-state index contributed by atoms with van der Waals surface area (Å²) in [6.45, 7) is 3.49. The number of carbonyl (C=O) groups is 1. The van der Waals surface area contributed by atoms with Gasteiger partial charge in [-0.2, -0.15) is 0 Å². The summed E-state index contributed by atoms with van der Waals surface area (Å²) >= 11 is 2.45. The standard InChI is InChI=1S/C16H14FN5O2S2/c1-8-9(2)18-16(20-13(8)23)25-7-12-21-22-15(26-12)14(24)19-11-5-3-10(17)4-6-11/h3-6H,7H2,1-2H3,(H,19,24)(H,18,20,23). The van der Waals surface area contributed by atoms with Crippen molar-refractivity contribution >= 4 is 34.7 Å². The van der Waals surface area contributed by atoms with Gasteiger partial charge in [0.2, 0.25) is 5.01 Å². The van der Waals surface area contributed by atoms with Crippen molar-refractivity contribution in [3.05, 3.63) is 61.7 Å². The van der Waals surface area contributed by atoms with Gasteiger partial charge < -0.3 is 10.3 Å². The first-order chi connectivity index (χ1) is 12.4. The Kier molecular flexibility index (Phi) is 5.43. The molecule has 134 valence electrons. The smallest absolute Gasteiger partial charge is 0.286 e. The van der Waals surface area contributed by atoms with Gasteiger partial charge in [0, 0.05) is 16.9 Å². The van der Waals surface area contributed by atoms with Crippen LogP contribution in [0.2, 0.25) is 0 Å². The van der Waals surface area contributed by atoms with Crippen molar-refractivity contribution in [3.8, 4) is 0 Å². The fraction of sp³-hybridized carbons (Fsp3) is 0.188. The minimum absolute atomic E-state index is 0.170. The van der Waals surface area contributed by atoms with Gasteiger partial charge >= 0.3 is 0 Å². The molecule has 0 spiro atoms. The van der Waals surface area contributed by atoms with Gasteiger partial charge in [0.25, 0.3) is 11.5 Å². The largest absolute Gasteiger partial charge is 0.320 e. The van der Waals surface area contributed by atoms with E-state index in [-0.39, 0.29) is 16.4 Å². The Morgan fingerprint density at radius 3 is 2.69 bits per heavy atom. The lowest BCUT2D eigenvalue weighted by Gasteiger charge is -2.02. The van der Waals surface area contributed by atoms with Crippen LogP contribution >= 0.6 is 23.1 Å². The number of amides is 1. The van der Waals surface area contributed by atoms with E-state index in [1.54, 1.807) is 13.8 Å². The Balaban J connectivity index is 1.63. The van der Waals surface area contributed by atoms with Crippen molar-refractivity contribution in [2.24, 2.45) is 0 Å². The van der Waals surface area contributed by atoms with Crippen molar-refractivity contribution < 1.29 is 9.18 Å². The Labute approximate surface area is 156 Å². The second kappa shape index (κ2) is 7.75. The van der Waals surface area contributed by atoms with Gasteiger partial charge in [0.05, 0.1) is 5.75 Å². The van der Waals surface area contributed by atoms with Gasteiger partial charge in [0.15, 0.2) is 5.16 Å². The number of aryl methyl sites for hydroxylation is 1. The summed E-state index contributed by atoms with van der Waals surface area (Å²) in [6.07, 6.45) is 0. The summed E-state index contributed by atoms with van der Waals surface area (Å²) in [6, 6.07) is 5.45. The molecule has 3 rings (SSSR count). The van der Waals surface area contributed by atoms with Gasteiger partial charge in [0.1, 0.15) is 10.8 Å². The summed E-state index contributed by atoms with van der Waals surface area (Å²) in [7, 11) is 0. The van der Waals surface area contributed by atoms with Crippen molar-refractivity contribution in [2.75, 3.05) is 5.32 Å². The highest BCUT2D eigenvalue weighted by Crippen LogP contribution is 2.22. The first-order valence-corrected chi connectivity index (χ1v) is 9.32. The molecule has 0 unspecified atom stereocenters. The molecule has 2 aromatic heterocycles. The molecule has 3 aromatic rings. The van der Waals surface area contributed by atoms with Crippen LogP contribution < -0.4 is 10.9 Å². The van der Waals surface area contributed by atoms with E-state index in [1.165, 1.54) is 36.0 Å². The first-order valence-electron chi connectivity index (χ1n) is 7.52. The summed E-state index contributed by atoms with van der Waals surface area (Å²) in [5.41, 5.74) is 1.56. The zero-order valence-corrected chi connectivity index (χ0v) is 15.5. The van der Waals surface area contributed by atoms with Crippen LogP contribution in [0.4, 0.5) is 10.1 Å². The van der Waals surface area contributed by atoms with Crippen LogP contribution in [0.15, 0.2) is 34.2 Å². The van der Waals surface area contributed by atoms with E-state index >= 15 is 0 Å². The van der Waals surface area contributed by atoms with Crippen molar-refractivity contribution in [3.63, 3.8) is 0 Å². The van der Waals surface area contributed by atoms with E-state index < -0.39 is 5.91 Å². The van der Waals surface area contributed by atoms with Crippen LogP contribution in [0.3, 0.4) is 0 Å². The average molecular weight is 391 g/mol. The topological polar surface area (TPSA) is 101 Å². The SMILES string of the molecule is Cc1nc(SCc2nnc(C(=O)Nc3ccc(F)cc3)s2)[nH]c(=O)c1C. The third-order valence-electron chi connectivity index (χ3n) is 3.47. The number of nitrogens with zero attached hydrogens (tertiary/aromatic N) is 3. The fourth-order valence-corrected chi connectivity index (χ4v) is 3.57. The zero-order valence-electron chi connectivity index (χ0n) is 13.9. The molecule has 0 saturated carbocycles. The summed E-state index contributed by atoms with van der Waals surface area (Å²) < 4.78 is 12.9. The van der Waals surface area contributed by atoms with Gasteiger partial charge in [-0.3, -0.25) is 9.59 Å². The van der Waals surface area contributed by atoms with Crippen molar-refractivity contribution in [2.45, 2.75) is 24.8 Å². The maximum atomic E-state index is 12.9. The number of H-pyrrole nitrogens is 1. The highest BCUT2D eigenvalue weighted by Gasteiger charge is 2.14. The lowest BCUT2D eigenvalue weighted by molar-refractivity contribution is 0.102. The van der Waals surface area contributed by atoms with E-state index in [4.69, 9.17) is 0 Å². The summed E-state index contributed by atoms with van der Waals surface area (Å²) in [4.78, 5) is 30.9. The van der Waals surface area contributed by atoms with E-state index in [1.807, 2.05) is 0 Å². The summed E-state index contributed by atoms with van der Waals surface area (Å²) in [5, 5.41) is 11.8. The molecule has 0 aliphatic heterocycles. The second-order valence-electron chi connectivity index (χ2n) is 5.33. The molecule has 1 aromatic carbocycles. The molecule has 0 saturated heterocycles. The molecule has 0 bridgehead atoms. The lowest BCUT2D eigenvalue weighted by atomic mass is 10.3. The fourth-order valence-electron chi connectivity index (χ4n) is 1.94. The van der Waals surface area contributed by atoms with Gasteiger partial charge in [-0.1, -0.05) is 23.1 Å². The minimum atomic E-state index is -0.414. The number of thioether (sulfide) groups is 1. The Bertz CT molecular complexity index is 1000. The number of hydrogen-bond donors (Lipinski definition) is 2. The van der Waals surface area contributed by atoms with Gasteiger partial charge in [-0.25, -0.2) is 9.37 Å². The number of aromatic nitrogens is 4. The number of hydrogen-bond acceptors (Lipinski definition) is 7. The molecular formula is C16H14FN5O2S2. The van der Waals surface area contributed by atoms with E-state index in [9.17, 15) is 14.0 Å². The molecule has 0 atom stereocenters. The lowest BCUT2D eigenvalue weighted by Crippen LogP contribution is -2.13. The molecule has 0 radical (unpaired) electrons. The van der Waals surface area contributed by atoms with Crippen LogP contribution in [0.25, 0.3) is 0 Å². The molecule has 0 fully saturated rings. The predicted molar refractivity (Wildman–Crippen MR) is 98.2 cm³/mol. The van der Waals surface area contributed by atoms with Crippen LogP contribution in [-0.4, -0.2) is 26.1 Å². The van der Waals surface area contributed by atoms with E-state index in [2.05, 4.69) is 25.5 Å². The molecule has 1 amide bonds. The van der Waals surface area contributed by atoms with Crippen LogP contribution in [0, 0.1) is 19.7 Å². The third kappa shape index (κ3) is 4.33. The molecule has 2 N–H and O–H groups in total. The number of carbonyl (C=O) groups excluding carboxylic acids is 1. The Morgan fingerprint density at radius 1 is 1.27 bits per heavy atom. The van der Waals surface area contributed by atoms with Crippen LogP contribution in [-0.2, 0) is 5.75 Å². The maximum Gasteiger partial charge on any atom is 0.286 e. The number of aromatic amines is 1. The normalized spacial score (nSPS) is 10.7. The molecule has 0 aliphatic carbocycles. The average Bonchev–Trinajstić information content (AvgIpc) is 3.09. The Morgan fingerprint density at radius 2 is 2.00 bits per heavy atom. The quantitative estimate of drug-likeness (QED) is 0.512. The molecular weight excluding hydrogens is 377 g/mol. The monoisotopic (exact) mass is 391 g/mol. The molecule has 2 heterocycles. The van der Waals surface area contributed by atoms with Gasteiger partial charge in [-0.05, 0) is 38.1 Å². The zero-order chi connectivity index (χ0) is 18.7. The van der Waals surface area contributed by atoms with Crippen LogP contribution in [0.5, 0.6) is 0 Å². The number of halogens is 1. The van der Waals surface area contributed by atoms with Crippen molar-refractivity contribution in [1.29, 1.82) is 0 Å². The second-order valence-corrected chi connectivity index (χ2v) is 7.36. The van der Waals surface area contributed by atoms with Crippen LogP contribution in [0.1, 0.15) is 26.1 Å². The van der Waals surface area contributed by atoms with E-state index in [0.717, 1.165) is 11.3 Å². The number of rotatable bonds is 5. The number of nitrogens with one attached hydrogen (secondary N) is 2. The first kappa shape index (κ1) is 18.2. The number of anilines is 1. The highest BCUT2D eigenvalue weighted by atomic mass is 32.2. The Hall–Kier alpha value is -2.59. The molecule has 10 heteroatoms. The minimum Gasteiger partial charge on any atom is -0.320 e. The highest BCUT2D eigenvalue weighted by molar-refractivity contribution is 7.98. The molecule has 7 nitrogen and oxygen atoms in total. The molecule has 26 heavy (non-hydrogen) atoms. The summed E-state index contributed by atoms with van der Waals surface area (Å²) in [5.74, 6) is -0.369. The number of benzene rings is 1. The van der Waals surface area contributed by atoms with Crippen molar-refractivity contribution in [1.82, 2.24) is 20.2 Å². The maximum absolute atomic E-state index is 12.9. The van der Waals surface area contributed by atoms with Gasteiger partial charge in [-0.15, -0.1) is 10.2 Å². The van der Waals surface area contributed by atoms with E-state index in [0.29, 0.717) is 32.9 Å².